The number of sulfonamides is 1. The van der Waals surface area contributed by atoms with E-state index in [1.807, 2.05) is 30.3 Å². The molecule has 8 nitrogen and oxygen atoms in total. The minimum Gasteiger partial charge on any atom is -0.506 e. The molecule has 3 aromatic carbocycles. The molecule has 1 fully saturated rings. The van der Waals surface area contributed by atoms with Gasteiger partial charge in [0.15, 0.2) is 0 Å². The zero-order chi connectivity index (χ0) is 24.1. The van der Waals surface area contributed by atoms with Crippen LogP contribution in [0.1, 0.15) is 18.4 Å². The average molecular weight is 482 g/mol. The van der Waals surface area contributed by atoms with E-state index >= 15 is 0 Å². The van der Waals surface area contributed by atoms with Crippen molar-refractivity contribution in [2.75, 3.05) is 23.7 Å². The van der Waals surface area contributed by atoms with Gasteiger partial charge in [0.2, 0.25) is 5.91 Å². The molecule has 1 amide bonds. The fraction of sp³-hybridized carbons (Fsp3) is 0.240. The summed E-state index contributed by atoms with van der Waals surface area (Å²) in [5.74, 6) is -0.119. The highest BCUT2D eigenvalue weighted by atomic mass is 32.2. The predicted octanol–water partition coefficient (Wildman–Crippen LogP) is 3.80. The van der Waals surface area contributed by atoms with Gasteiger partial charge >= 0.3 is 0 Å². The molecule has 0 radical (unpaired) electrons. The summed E-state index contributed by atoms with van der Waals surface area (Å²) in [7, 11) is -2.54. The van der Waals surface area contributed by atoms with Crippen molar-refractivity contribution in [3.63, 3.8) is 0 Å². The van der Waals surface area contributed by atoms with Gasteiger partial charge < -0.3 is 15.2 Å². The lowest BCUT2D eigenvalue weighted by Crippen LogP contribution is -2.39. The normalized spacial score (nSPS) is 16.2. The third kappa shape index (κ3) is 5.32. The Labute approximate surface area is 199 Å². The van der Waals surface area contributed by atoms with Crippen LogP contribution in [0.25, 0.3) is 0 Å². The molecule has 0 aromatic heterocycles. The van der Waals surface area contributed by atoms with Gasteiger partial charge in [-0.05, 0) is 55.3 Å². The Morgan fingerprint density at radius 3 is 2.56 bits per heavy atom. The van der Waals surface area contributed by atoms with Gasteiger partial charge in [-0.15, -0.1) is 0 Å². The first-order valence-corrected chi connectivity index (χ1v) is 12.4. The third-order valence-electron chi connectivity index (χ3n) is 5.78. The summed E-state index contributed by atoms with van der Waals surface area (Å²) in [6.07, 6.45) is 1.57. The van der Waals surface area contributed by atoms with Gasteiger partial charge in [-0.25, -0.2) is 8.42 Å². The van der Waals surface area contributed by atoms with Crippen LogP contribution in [0.4, 0.5) is 11.4 Å². The van der Waals surface area contributed by atoms with Crippen molar-refractivity contribution >= 4 is 27.3 Å². The molecule has 0 aliphatic carbocycles. The summed E-state index contributed by atoms with van der Waals surface area (Å²) in [6, 6.07) is 20.0. The molecular weight excluding hydrogens is 454 g/mol. The molecule has 0 unspecified atom stereocenters. The standard InChI is InChI=1S/C25H27N3O5S/c1-33-24-12-6-5-10-20(24)27-34(31,32)19-13-14-23(29)21(16-19)26-25(30)22-11-7-15-28(22)17-18-8-3-2-4-9-18/h2-6,8-10,12-14,16,22,27,29H,7,11,15,17H2,1H3,(H,26,30)/t22-/m1/s1. The molecule has 0 spiro atoms. The number of para-hydroxylation sites is 2. The summed E-state index contributed by atoms with van der Waals surface area (Å²) >= 11 is 0. The SMILES string of the molecule is COc1ccccc1NS(=O)(=O)c1ccc(O)c(NC(=O)[C@H]2CCCN2Cc2ccccc2)c1. The number of hydrogen-bond donors (Lipinski definition) is 3. The van der Waals surface area contributed by atoms with Crippen molar-refractivity contribution in [3.8, 4) is 11.5 Å². The number of methoxy groups -OCH3 is 1. The minimum absolute atomic E-state index is 0.0412. The van der Waals surface area contributed by atoms with Crippen LogP contribution in [0, 0.1) is 0 Å². The molecule has 0 saturated carbocycles. The van der Waals surface area contributed by atoms with Gasteiger partial charge in [0.1, 0.15) is 11.5 Å². The predicted molar refractivity (Wildman–Crippen MR) is 130 cm³/mol. The Hall–Kier alpha value is -3.56. The number of ether oxygens (including phenoxy) is 1. The lowest BCUT2D eigenvalue weighted by Gasteiger charge is -2.24. The van der Waals surface area contributed by atoms with Crippen molar-refractivity contribution in [3.05, 3.63) is 78.4 Å². The fourth-order valence-corrected chi connectivity index (χ4v) is 5.16. The van der Waals surface area contributed by atoms with Gasteiger partial charge in [0, 0.05) is 6.54 Å². The number of phenolic OH excluding ortho intramolecular Hbond substituents is 1. The van der Waals surface area contributed by atoms with Gasteiger partial charge in [-0.2, -0.15) is 0 Å². The van der Waals surface area contributed by atoms with Crippen LogP contribution in [0.2, 0.25) is 0 Å². The monoisotopic (exact) mass is 481 g/mol. The average Bonchev–Trinajstić information content (AvgIpc) is 3.29. The van der Waals surface area contributed by atoms with Crippen LogP contribution in [0.15, 0.2) is 77.7 Å². The van der Waals surface area contributed by atoms with E-state index in [4.69, 9.17) is 4.74 Å². The maximum absolute atomic E-state index is 13.1. The molecule has 3 N–H and O–H groups in total. The molecule has 1 heterocycles. The molecule has 1 aliphatic rings. The molecule has 3 aromatic rings. The van der Waals surface area contributed by atoms with E-state index in [0.29, 0.717) is 18.7 Å². The molecule has 1 saturated heterocycles. The second-order valence-corrected chi connectivity index (χ2v) is 9.77. The molecule has 4 rings (SSSR count). The van der Waals surface area contributed by atoms with Crippen molar-refractivity contribution in [1.82, 2.24) is 4.90 Å². The van der Waals surface area contributed by atoms with Crippen LogP contribution >= 0.6 is 0 Å². The maximum atomic E-state index is 13.1. The van der Waals surface area contributed by atoms with E-state index in [1.54, 1.807) is 24.3 Å². The summed E-state index contributed by atoms with van der Waals surface area (Å²) in [5.41, 5.74) is 1.44. The van der Waals surface area contributed by atoms with Gasteiger partial charge in [0.25, 0.3) is 10.0 Å². The van der Waals surface area contributed by atoms with E-state index in [2.05, 4.69) is 14.9 Å². The van der Waals surface area contributed by atoms with Crippen LogP contribution in [-0.2, 0) is 21.4 Å². The Balaban J connectivity index is 1.51. The largest absolute Gasteiger partial charge is 0.506 e. The van der Waals surface area contributed by atoms with Crippen molar-refractivity contribution < 1.29 is 23.1 Å². The second kappa shape index (κ2) is 10.1. The number of likely N-dealkylation sites (tertiary alicyclic amines) is 1. The first-order valence-electron chi connectivity index (χ1n) is 10.9. The number of rotatable bonds is 8. The van der Waals surface area contributed by atoms with E-state index in [1.165, 1.54) is 25.3 Å². The summed E-state index contributed by atoms with van der Waals surface area (Å²) in [4.78, 5) is 15.0. The van der Waals surface area contributed by atoms with Crippen molar-refractivity contribution in [2.24, 2.45) is 0 Å². The van der Waals surface area contributed by atoms with Crippen molar-refractivity contribution in [2.45, 2.75) is 30.3 Å². The first-order chi connectivity index (χ1) is 16.4. The van der Waals surface area contributed by atoms with Crippen LogP contribution < -0.4 is 14.8 Å². The zero-order valence-corrected chi connectivity index (χ0v) is 19.6. The number of benzene rings is 3. The number of carbonyl (C=O) groups excluding carboxylic acids is 1. The lowest BCUT2D eigenvalue weighted by atomic mass is 10.1. The smallest absolute Gasteiger partial charge is 0.262 e. The molecule has 9 heteroatoms. The number of amides is 1. The lowest BCUT2D eigenvalue weighted by molar-refractivity contribution is -0.120. The van der Waals surface area contributed by atoms with Gasteiger partial charge in [-0.3, -0.25) is 14.4 Å². The molecule has 178 valence electrons. The zero-order valence-electron chi connectivity index (χ0n) is 18.8. The third-order valence-corrected chi connectivity index (χ3v) is 7.15. The molecule has 34 heavy (non-hydrogen) atoms. The fourth-order valence-electron chi connectivity index (χ4n) is 4.06. The highest BCUT2D eigenvalue weighted by molar-refractivity contribution is 7.92. The Bertz CT molecular complexity index is 1260. The number of nitrogens with zero attached hydrogens (tertiary/aromatic N) is 1. The van der Waals surface area contributed by atoms with Crippen molar-refractivity contribution in [1.29, 1.82) is 0 Å². The highest BCUT2D eigenvalue weighted by Crippen LogP contribution is 2.31. The summed E-state index contributed by atoms with van der Waals surface area (Å²) in [5, 5.41) is 13.0. The molecule has 1 aliphatic heterocycles. The Morgan fingerprint density at radius 1 is 1.06 bits per heavy atom. The van der Waals surface area contributed by atoms with Gasteiger partial charge in [0.05, 0.1) is 29.4 Å². The first kappa shape index (κ1) is 23.6. The van der Waals surface area contributed by atoms with E-state index in [-0.39, 0.29) is 34.0 Å². The topological polar surface area (TPSA) is 108 Å². The Kier molecular flexibility index (Phi) is 7.04. The molecule has 0 bridgehead atoms. The molecule has 1 atom stereocenters. The number of anilines is 2. The van der Waals surface area contributed by atoms with E-state index in [9.17, 15) is 18.3 Å². The van der Waals surface area contributed by atoms with E-state index in [0.717, 1.165) is 18.5 Å². The number of nitrogens with one attached hydrogen (secondary N) is 2. The second-order valence-electron chi connectivity index (χ2n) is 8.09. The number of phenols is 1. The highest BCUT2D eigenvalue weighted by Gasteiger charge is 2.31. The van der Waals surface area contributed by atoms with Gasteiger partial charge in [-0.1, -0.05) is 42.5 Å². The number of hydrogen-bond acceptors (Lipinski definition) is 6. The number of carbonyl (C=O) groups is 1. The molecular formula is C25H27N3O5S. The van der Waals surface area contributed by atoms with Crippen LogP contribution in [0.5, 0.6) is 11.5 Å². The van der Waals surface area contributed by atoms with Crippen LogP contribution in [0.3, 0.4) is 0 Å². The van der Waals surface area contributed by atoms with Crippen LogP contribution in [-0.4, -0.2) is 44.0 Å². The summed E-state index contributed by atoms with van der Waals surface area (Å²) < 4.78 is 33.6. The summed E-state index contributed by atoms with van der Waals surface area (Å²) in [6.45, 7) is 1.43. The minimum atomic E-state index is -3.99. The van der Waals surface area contributed by atoms with E-state index < -0.39 is 10.0 Å². The quantitative estimate of drug-likeness (QED) is 0.423. The maximum Gasteiger partial charge on any atom is 0.262 e. The number of aromatic hydroxyl groups is 1. The Morgan fingerprint density at radius 2 is 1.79 bits per heavy atom.